The summed E-state index contributed by atoms with van der Waals surface area (Å²) >= 11 is 0. The largest absolute Gasteiger partial charge is 0.317 e. The molecule has 1 heteroatoms. The van der Waals surface area contributed by atoms with Crippen LogP contribution in [0.4, 0.5) is 0 Å². The normalized spacial score (nSPS) is 19.6. The maximum atomic E-state index is 3.59. The van der Waals surface area contributed by atoms with Crippen molar-refractivity contribution in [1.29, 1.82) is 0 Å². The molecule has 1 aliphatic carbocycles. The van der Waals surface area contributed by atoms with Crippen LogP contribution in [0.25, 0.3) is 0 Å². The Hall–Kier alpha value is -0.820. The van der Waals surface area contributed by atoms with Crippen molar-refractivity contribution in [3.63, 3.8) is 0 Å². The summed E-state index contributed by atoms with van der Waals surface area (Å²) in [5.74, 6) is 0.834. The summed E-state index contributed by atoms with van der Waals surface area (Å²) in [6.45, 7) is 2.29. The molecule has 0 aromatic heterocycles. The molecule has 20 heavy (non-hydrogen) atoms. The van der Waals surface area contributed by atoms with Crippen LogP contribution in [-0.4, -0.2) is 13.1 Å². The van der Waals surface area contributed by atoms with E-state index in [1.54, 1.807) is 11.1 Å². The van der Waals surface area contributed by atoms with Crippen molar-refractivity contribution in [2.45, 2.75) is 70.8 Å². The monoisotopic (exact) mass is 273 g/mol. The van der Waals surface area contributed by atoms with Gasteiger partial charge in [0.15, 0.2) is 0 Å². The maximum Gasteiger partial charge on any atom is 0.00956 e. The fourth-order valence-corrected chi connectivity index (χ4v) is 3.65. The Morgan fingerprint density at radius 2 is 1.85 bits per heavy atom. The lowest BCUT2D eigenvalue weighted by Gasteiger charge is -2.31. The SMILES string of the molecule is CCCCCCCC(NC)C1CCc2ccccc2C1. The second kappa shape index (κ2) is 8.46. The van der Waals surface area contributed by atoms with E-state index in [0.29, 0.717) is 6.04 Å². The van der Waals surface area contributed by atoms with E-state index in [1.807, 2.05) is 0 Å². The van der Waals surface area contributed by atoms with Crippen LogP contribution in [0.2, 0.25) is 0 Å². The first-order valence-corrected chi connectivity index (χ1v) is 8.59. The molecule has 0 radical (unpaired) electrons. The molecular formula is C19H31N. The standard InChI is InChI=1S/C19H31N/c1-3-4-5-6-7-12-19(20-2)18-14-13-16-10-8-9-11-17(16)15-18/h8-11,18-20H,3-7,12-15H2,1-2H3. The van der Waals surface area contributed by atoms with Gasteiger partial charge in [-0.2, -0.15) is 0 Å². The average Bonchev–Trinajstić information content (AvgIpc) is 2.50. The van der Waals surface area contributed by atoms with Crippen molar-refractivity contribution in [1.82, 2.24) is 5.32 Å². The van der Waals surface area contributed by atoms with Gasteiger partial charge in [0, 0.05) is 6.04 Å². The molecule has 0 spiro atoms. The zero-order valence-electron chi connectivity index (χ0n) is 13.3. The highest BCUT2D eigenvalue weighted by molar-refractivity contribution is 5.29. The van der Waals surface area contributed by atoms with E-state index in [1.165, 1.54) is 57.8 Å². The van der Waals surface area contributed by atoms with Crippen molar-refractivity contribution in [3.05, 3.63) is 35.4 Å². The van der Waals surface area contributed by atoms with Gasteiger partial charge in [0.2, 0.25) is 0 Å². The predicted octanol–water partition coefficient (Wildman–Crippen LogP) is 4.74. The Balaban J connectivity index is 1.80. The number of rotatable bonds is 8. The Morgan fingerprint density at radius 1 is 1.10 bits per heavy atom. The summed E-state index contributed by atoms with van der Waals surface area (Å²) in [5, 5.41) is 3.59. The quantitative estimate of drug-likeness (QED) is 0.675. The lowest BCUT2D eigenvalue weighted by molar-refractivity contribution is 0.312. The molecule has 0 fully saturated rings. The third-order valence-corrected chi connectivity index (χ3v) is 4.94. The molecule has 0 heterocycles. The zero-order valence-corrected chi connectivity index (χ0v) is 13.3. The van der Waals surface area contributed by atoms with Crippen molar-refractivity contribution in [3.8, 4) is 0 Å². The number of hydrogen-bond donors (Lipinski definition) is 1. The van der Waals surface area contributed by atoms with Gasteiger partial charge in [0.1, 0.15) is 0 Å². The van der Waals surface area contributed by atoms with E-state index in [-0.39, 0.29) is 0 Å². The minimum atomic E-state index is 0.713. The van der Waals surface area contributed by atoms with E-state index in [2.05, 4.69) is 43.6 Å². The highest BCUT2D eigenvalue weighted by Gasteiger charge is 2.24. The van der Waals surface area contributed by atoms with Gasteiger partial charge in [-0.1, -0.05) is 63.3 Å². The second-order valence-corrected chi connectivity index (χ2v) is 6.37. The van der Waals surface area contributed by atoms with Crippen molar-refractivity contribution in [2.24, 2.45) is 5.92 Å². The molecule has 2 atom stereocenters. The van der Waals surface area contributed by atoms with Gasteiger partial charge < -0.3 is 5.32 Å². The van der Waals surface area contributed by atoms with Crippen LogP contribution in [0.1, 0.15) is 63.0 Å². The highest BCUT2D eigenvalue weighted by atomic mass is 14.9. The molecule has 1 nitrogen and oxygen atoms in total. The maximum absolute atomic E-state index is 3.59. The van der Waals surface area contributed by atoms with Crippen LogP contribution in [-0.2, 0) is 12.8 Å². The Kier molecular flexibility index (Phi) is 6.59. The van der Waals surface area contributed by atoms with Crippen LogP contribution in [0.5, 0.6) is 0 Å². The molecule has 112 valence electrons. The van der Waals surface area contributed by atoms with Crippen molar-refractivity contribution in [2.75, 3.05) is 7.05 Å². The Labute approximate surface area is 125 Å². The summed E-state index contributed by atoms with van der Waals surface area (Å²) in [7, 11) is 2.15. The third-order valence-electron chi connectivity index (χ3n) is 4.94. The van der Waals surface area contributed by atoms with Gasteiger partial charge in [0.05, 0.1) is 0 Å². The minimum Gasteiger partial charge on any atom is -0.317 e. The molecule has 1 aliphatic rings. The van der Waals surface area contributed by atoms with Gasteiger partial charge in [-0.25, -0.2) is 0 Å². The van der Waals surface area contributed by atoms with Gasteiger partial charge in [0.25, 0.3) is 0 Å². The van der Waals surface area contributed by atoms with Crippen LogP contribution >= 0.6 is 0 Å². The van der Waals surface area contributed by atoms with Gasteiger partial charge >= 0.3 is 0 Å². The molecule has 1 aromatic carbocycles. The smallest absolute Gasteiger partial charge is 0.00956 e. The summed E-state index contributed by atoms with van der Waals surface area (Å²) in [4.78, 5) is 0. The summed E-state index contributed by atoms with van der Waals surface area (Å²) < 4.78 is 0. The Morgan fingerprint density at radius 3 is 2.60 bits per heavy atom. The van der Waals surface area contributed by atoms with E-state index < -0.39 is 0 Å². The lowest BCUT2D eigenvalue weighted by Crippen LogP contribution is -2.36. The fourth-order valence-electron chi connectivity index (χ4n) is 3.65. The van der Waals surface area contributed by atoms with Crippen molar-refractivity contribution < 1.29 is 0 Å². The number of benzene rings is 1. The van der Waals surface area contributed by atoms with Crippen LogP contribution < -0.4 is 5.32 Å². The second-order valence-electron chi connectivity index (χ2n) is 6.37. The highest BCUT2D eigenvalue weighted by Crippen LogP contribution is 2.29. The molecule has 2 rings (SSSR count). The number of hydrogen-bond acceptors (Lipinski definition) is 1. The van der Waals surface area contributed by atoms with Gasteiger partial charge in [-0.15, -0.1) is 0 Å². The van der Waals surface area contributed by atoms with E-state index >= 15 is 0 Å². The molecule has 0 saturated heterocycles. The molecule has 2 unspecified atom stereocenters. The number of nitrogens with one attached hydrogen (secondary N) is 1. The van der Waals surface area contributed by atoms with E-state index in [9.17, 15) is 0 Å². The van der Waals surface area contributed by atoms with Gasteiger partial charge in [-0.05, 0) is 49.8 Å². The number of fused-ring (bicyclic) bond motifs is 1. The van der Waals surface area contributed by atoms with E-state index in [4.69, 9.17) is 0 Å². The van der Waals surface area contributed by atoms with E-state index in [0.717, 1.165) is 5.92 Å². The van der Waals surface area contributed by atoms with Crippen LogP contribution in [0, 0.1) is 5.92 Å². The van der Waals surface area contributed by atoms with Gasteiger partial charge in [-0.3, -0.25) is 0 Å². The fraction of sp³-hybridized carbons (Fsp3) is 0.684. The first-order chi connectivity index (χ1) is 9.85. The summed E-state index contributed by atoms with van der Waals surface area (Å²) in [5.41, 5.74) is 3.18. The first-order valence-electron chi connectivity index (χ1n) is 8.59. The Bertz CT molecular complexity index is 385. The molecular weight excluding hydrogens is 242 g/mol. The molecule has 1 aromatic rings. The summed E-state index contributed by atoms with van der Waals surface area (Å²) in [6.07, 6.45) is 12.2. The molecule has 0 saturated carbocycles. The van der Waals surface area contributed by atoms with Crippen molar-refractivity contribution >= 4 is 0 Å². The molecule has 1 N–H and O–H groups in total. The number of aryl methyl sites for hydroxylation is 1. The summed E-state index contributed by atoms with van der Waals surface area (Å²) in [6, 6.07) is 9.73. The first kappa shape index (κ1) is 15.6. The third kappa shape index (κ3) is 4.34. The molecule has 0 amide bonds. The molecule has 0 bridgehead atoms. The zero-order chi connectivity index (χ0) is 14.2. The minimum absolute atomic E-state index is 0.713. The number of unbranched alkanes of at least 4 members (excludes halogenated alkanes) is 4. The predicted molar refractivity (Wildman–Crippen MR) is 88.2 cm³/mol. The topological polar surface area (TPSA) is 12.0 Å². The lowest BCUT2D eigenvalue weighted by atomic mass is 9.78. The average molecular weight is 273 g/mol. The molecule has 0 aliphatic heterocycles. The van der Waals surface area contributed by atoms with Crippen LogP contribution in [0.3, 0.4) is 0 Å². The van der Waals surface area contributed by atoms with Crippen LogP contribution in [0.15, 0.2) is 24.3 Å².